The summed E-state index contributed by atoms with van der Waals surface area (Å²) in [5.74, 6) is 0.791. The standard InChI is InChI=1S/C25H32N2O5/c1-4-5-6-7-8-9-10-24(28)27-26-18-19-11-14-21(15-12-19)32-25(29)20-13-16-22(30-2)23(17-20)31-3/h11-18H,4-10H2,1-3H3,(H,27,28). The van der Waals surface area contributed by atoms with E-state index in [1.54, 1.807) is 48.7 Å². The molecule has 2 rings (SSSR count). The molecule has 2 aromatic rings. The Morgan fingerprint density at radius 1 is 0.906 bits per heavy atom. The number of esters is 1. The largest absolute Gasteiger partial charge is 0.493 e. The lowest BCUT2D eigenvalue weighted by Gasteiger charge is -2.09. The van der Waals surface area contributed by atoms with Gasteiger partial charge < -0.3 is 14.2 Å². The van der Waals surface area contributed by atoms with Gasteiger partial charge in [-0.25, -0.2) is 10.2 Å². The predicted octanol–water partition coefficient (Wildman–Crippen LogP) is 5.12. The van der Waals surface area contributed by atoms with Crippen molar-refractivity contribution in [1.29, 1.82) is 0 Å². The lowest BCUT2D eigenvalue weighted by atomic mass is 10.1. The Labute approximate surface area is 189 Å². The topological polar surface area (TPSA) is 86.2 Å². The van der Waals surface area contributed by atoms with Crippen molar-refractivity contribution in [3.63, 3.8) is 0 Å². The number of rotatable bonds is 13. The van der Waals surface area contributed by atoms with Gasteiger partial charge in [-0.15, -0.1) is 0 Å². The van der Waals surface area contributed by atoms with Gasteiger partial charge in [0.2, 0.25) is 5.91 Å². The molecule has 0 unspecified atom stereocenters. The second-order valence-electron chi connectivity index (χ2n) is 7.34. The van der Waals surface area contributed by atoms with Gasteiger partial charge in [-0.3, -0.25) is 4.79 Å². The first kappa shape index (κ1) is 24.9. The highest BCUT2D eigenvalue weighted by molar-refractivity contribution is 5.92. The molecule has 7 nitrogen and oxygen atoms in total. The van der Waals surface area contributed by atoms with E-state index in [2.05, 4.69) is 17.5 Å². The Morgan fingerprint density at radius 3 is 2.28 bits per heavy atom. The summed E-state index contributed by atoms with van der Waals surface area (Å²) >= 11 is 0. The Kier molecular flexibility index (Phi) is 10.8. The van der Waals surface area contributed by atoms with Gasteiger partial charge in [0.1, 0.15) is 5.75 Å². The molecule has 0 aromatic heterocycles. The number of unbranched alkanes of at least 4 members (excludes halogenated alkanes) is 5. The fraction of sp³-hybridized carbons (Fsp3) is 0.400. The molecule has 1 amide bonds. The van der Waals surface area contributed by atoms with Gasteiger partial charge >= 0.3 is 5.97 Å². The average Bonchev–Trinajstić information content (AvgIpc) is 2.81. The van der Waals surface area contributed by atoms with E-state index < -0.39 is 5.97 Å². The molecular weight excluding hydrogens is 408 g/mol. The Morgan fingerprint density at radius 2 is 1.59 bits per heavy atom. The maximum Gasteiger partial charge on any atom is 0.343 e. The number of methoxy groups -OCH3 is 2. The van der Waals surface area contributed by atoms with Crippen molar-refractivity contribution in [2.45, 2.75) is 51.9 Å². The minimum absolute atomic E-state index is 0.0859. The molecule has 0 fully saturated rings. The van der Waals surface area contributed by atoms with Gasteiger partial charge in [-0.05, 0) is 54.4 Å². The van der Waals surface area contributed by atoms with E-state index >= 15 is 0 Å². The predicted molar refractivity (Wildman–Crippen MR) is 125 cm³/mol. The molecule has 0 spiro atoms. The van der Waals surface area contributed by atoms with E-state index in [9.17, 15) is 9.59 Å². The lowest BCUT2D eigenvalue weighted by Crippen LogP contribution is -2.16. The summed E-state index contributed by atoms with van der Waals surface area (Å²) in [5, 5.41) is 3.99. The van der Waals surface area contributed by atoms with E-state index in [-0.39, 0.29) is 5.91 Å². The molecule has 0 heterocycles. The number of benzene rings is 2. The van der Waals surface area contributed by atoms with Crippen LogP contribution in [0.2, 0.25) is 0 Å². The van der Waals surface area contributed by atoms with E-state index in [0.717, 1.165) is 18.4 Å². The smallest absolute Gasteiger partial charge is 0.343 e. The molecule has 0 atom stereocenters. The second-order valence-corrected chi connectivity index (χ2v) is 7.34. The summed E-state index contributed by atoms with van der Waals surface area (Å²) in [6.07, 6.45) is 8.86. The van der Waals surface area contributed by atoms with E-state index in [1.807, 2.05) is 0 Å². The molecule has 7 heteroatoms. The van der Waals surface area contributed by atoms with Gasteiger partial charge in [-0.1, -0.05) is 39.0 Å². The van der Waals surface area contributed by atoms with Gasteiger partial charge in [0.25, 0.3) is 0 Å². The zero-order valence-electron chi connectivity index (χ0n) is 19.1. The number of amides is 1. The average molecular weight is 441 g/mol. The van der Waals surface area contributed by atoms with Crippen LogP contribution in [0.4, 0.5) is 0 Å². The molecule has 0 bridgehead atoms. The van der Waals surface area contributed by atoms with Gasteiger partial charge in [0, 0.05) is 6.42 Å². The number of hydrazone groups is 1. The van der Waals surface area contributed by atoms with Crippen molar-refractivity contribution in [2.24, 2.45) is 5.10 Å². The number of hydrogen-bond donors (Lipinski definition) is 1. The molecule has 0 saturated heterocycles. The number of nitrogens with one attached hydrogen (secondary N) is 1. The van der Waals surface area contributed by atoms with Crippen LogP contribution in [0, 0.1) is 0 Å². The summed E-state index contributed by atoms with van der Waals surface area (Å²) in [7, 11) is 3.03. The third-order valence-corrected chi connectivity index (χ3v) is 4.87. The first-order valence-electron chi connectivity index (χ1n) is 10.9. The third kappa shape index (κ3) is 8.41. The molecule has 0 aliphatic heterocycles. The van der Waals surface area contributed by atoms with E-state index in [4.69, 9.17) is 14.2 Å². The maximum atomic E-state index is 12.4. The van der Waals surface area contributed by atoms with Crippen LogP contribution < -0.4 is 19.6 Å². The summed E-state index contributed by atoms with van der Waals surface area (Å²) in [4.78, 5) is 24.2. The van der Waals surface area contributed by atoms with Crippen molar-refractivity contribution < 1.29 is 23.8 Å². The molecule has 0 aliphatic rings. The van der Waals surface area contributed by atoms with Crippen molar-refractivity contribution in [1.82, 2.24) is 5.43 Å². The Bertz CT molecular complexity index is 894. The van der Waals surface area contributed by atoms with Crippen LogP contribution in [0.3, 0.4) is 0 Å². The SMILES string of the molecule is CCCCCCCCC(=O)NN=Cc1ccc(OC(=O)c2ccc(OC)c(OC)c2)cc1. The number of carbonyl (C=O) groups excluding carboxylic acids is 2. The number of ether oxygens (including phenoxy) is 3. The highest BCUT2D eigenvalue weighted by Crippen LogP contribution is 2.28. The third-order valence-electron chi connectivity index (χ3n) is 4.87. The van der Waals surface area contributed by atoms with Gasteiger partial charge in [0.15, 0.2) is 11.5 Å². The van der Waals surface area contributed by atoms with Gasteiger partial charge in [-0.2, -0.15) is 5.10 Å². The quantitative estimate of drug-likeness (QED) is 0.154. The van der Waals surface area contributed by atoms with E-state index in [0.29, 0.717) is 29.2 Å². The molecule has 32 heavy (non-hydrogen) atoms. The summed E-state index contributed by atoms with van der Waals surface area (Å²) < 4.78 is 15.8. The molecule has 172 valence electrons. The number of nitrogens with zero attached hydrogens (tertiary/aromatic N) is 1. The van der Waals surface area contributed by atoms with Crippen LogP contribution in [0.5, 0.6) is 17.2 Å². The molecular formula is C25H32N2O5. The van der Waals surface area contributed by atoms with Crippen LogP contribution in [0.15, 0.2) is 47.6 Å². The minimum Gasteiger partial charge on any atom is -0.493 e. The van der Waals surface area contributed by atoms with Crippen molar-refractivity contribution in [2.75, 3.05) is 14.2 Å². The molecule has 0 radical (unpaired) electrons. The van der Waals surface area contributed by atoms with Crippen LogP contribution >= 0.6 is 0 Å². The maximum absolute atomic E-state index is 12.4. The summed E-state index contributed by atoms with van der Waals surface area (Å²) in [6, 6.07) is 11.7. The van der Waals surface area contributed by atoms with E-state index in [1.165, 1.54) is 39.9 Å². The molecule has 2 aromatic carbocycles. The summed E-state index contributed by atoms with van der Waals surface area (Å²) in [6.45, 7) is 2.19. The zero-order chi connectivity index (χ0) is 23.2. The van der Waals surface area contributed by atoms with Crippen molar-refractivity contribution >= 4 is 18.1 Å². The molecule has 1 N–H and O–H groups in total. The van der Waals surface area contributed by atoms with Crippen LogP contribution in [0.1, 0.15) is 67.8 Å². The first-order chi connectivity index (χ1) is 15.6. The monoisotopic (exact) mass is 440 g/mol. The minimum atomic E-state index is -0.505. The fourth-order valence-corrected chi connectivity index (χ4v) is 3.05. The van der Waals surface area contributed by atoms with Gasteiger partial charge in [0.05, 0.1) is 26.0 Å². The van der Waals surface area contributed by atoms with Crippen LogP contribution in [0.25, 0.3) is 0 Å². The number of carbonyl (C=O) groups is 2. The highest BCUT2D eigenvalue weighted by atomic mass is 16.5. The zero-order valence-corrected chi connectivity index (χ0v) is 19.1. The van der Waals surface area contributed by atoms with Crippen molar-refractivity contribution in [3.05, 3.63) is 53.6 Å². The Balaban J connectivity index is 1.79. The molecule has 0 saturated carbocycles. The second kappa shape index (κ2) is 13.9. The van der Waals surface area contributed by atoms with Crippen LogP contribution in [-0.4, -0.2) is 32.3 Å². The lowest BCUT2D eigenvalue weighted by molar-refractivity contribution is -0.121. The van der Waals surface area contributed by atoms with Crippen LogP contribution in [-0.2, 0) is 4.79 Å². The summed E-state index contributed by atoms with van der Waals surface area (Å²) in [5.41, 5.74) is 3.67. The normalized spacial score (nSPS) is 10.7. The van der Waals surface area contributed by atoms with Crippen molar-refractivity contribution in [3.8, 4) is 17.2 Å². The number of hydrogen-bond acceptors (Lipinski definition) is 6. The highest BCUT2D eigenvalue weighted by Gasteiger charge is 2.13. The molecule has 0 aliphatic carbocycles. The fourth-order valence-electron chi connectivity index (χ4n) is 3.05. The Hall–Kier alpha value is -3.35. The first-order valence-corrected chi connectivity index (χ1v) is 10.9.